The van der Waals surface area contributed by atoms with E-state index in [4.69, 9.17) is 11.6 Å². The van der Waals surface area contributed by atoms with Crippen molar-refractivity contribution in [1.29, 1.82) is 0 Å². The Kier molecular flexibility index (Phi) is 6.63. The molecule has 2 aromatic rings. The van der Waals surface area contributed by atoms with E-state index >= 15 is 0 Å². The van der Waals surface area contributed by atoms with Crippen LogP contribution in [0.1, 0.15) is 22.3 Å². The van der Waals surface area contributed by atoms with Crippen molar-refractivity contribution in [2.75, 3.05) is 26.2 Å². The molecule has 144 valence electrons. The van der Waals surface area contributed by atoms with E-state index in [0.29, 0.717) is 42.3 Å². The highest BCUT2D eigenvalue weighted by molar-refractivity contribution is 6.30. The zero-order valence-electron chi connectivity index (χ0n) is 14.8. The number of halogens is 3. The molecule has 0 saturated carbocycles. The molecule has 2 aromatic carbocycles. The van der Waals surface area contributed by atoms with Gasteiger partial charge in [-0.15, -0.1) is 0 Å². The number of hydrogen-bond acceptors (Lipinski definition) is 3. The maximum absolute atomic E-state index is 12.6. The van der Waals surface area contributed by atoms with Gasteiger partial charge in [0.2, 0.25) is 0 Å². The summed E-state index contributed by atoms with van der Waals surface area (Å²) in [5.74, 6) is 0.151. The summed E-state index contributed by atoms with van der Waals surface area (Å²) in [6.07, 6.45) is 0.810. The molecule has 0 spiro atoms. The number of nitrogens with zero attached hydrogens (tertiary/aromatic N) is 2. The Morgan fingerprint density at radius 2 is 1.85 bits per heavy atom. The second kappa shape index (κ2) is 9.15. The van der Waals surface area contributed by atoms with Gasteiger partial charge in [-0.25, -0.2) is 0 Å². The quantitative estimate of drug-likeness (QED) is 0.758. The van der Waals surface area contributed by atoms with Gasteiger partial charge >= 0.3 is 6.61 Å². The van der Waals surface area contributed by atoms with Gasteiger partial charge < -0.3 is 9.64 Å². The maximum atomic E-state index is 12.6. The Morgan fingerprint density at radius 1 is 1.07 bits per heavy atom. The molecule has 1 aliphatic rings. The number of amides is 1. The van der Waals surface area contributed by atoms with Crippen molar-refractivity contribution in [1.82, 2.24) is 9.80 Å². The summed E-state index contributed by atoms with van der Waals surface area (Å²) < 4.78 is 29.9. The third-order valence-corrected chi connectivity index (χ3v) is 4.76. The summed E-state index contributed by atoms with van der Waals surface area (Å²) in [7, 11) is 0. The topological polar surface area (TPSA) is 32.8 Å². The summed E-state index contributed by atoms with van der Waals surface area (Å²) >= 11 is 6.02. The van der Waals surface area contributed by atoms with Gasteiger partial charge in [-0.3, -0.25) is 9.69 Å². The third kappa shape index (κ3) is 5.40. The van der Waals surface area contributed by atoms with E-state index in [1.54, 1.807) is 6.07 Å². The van der Waals surface area contributed by atoms with Crippen LogP contribution in [0.3, 0.4) is 0 Å². The van der Waals surface area contributed by atoms with Crippen LogP contribution < -0.4 is 4.74 Å². The first-order valence-electron chi connectivity index (χ1n) is 8.83. The third-order valence-electron chi connectivity index (χ3n) is 4.53. The van der Waals surface area contributed by atoms with Gasteiger partial charge in [-0.05, 0) is 36.8 Å². The average molecular weight is 395 g/mol. The fourth-order valence-corrected chi connectivity index (χ4v) is 3.41. The molecular formula is C20H21ClF2N2O2. The van der Waals surface area contributed by atoms with Crippen LogP contribution in [0.25, 0.3) is 0 Å². The van der Waals surface area contributed by atoms with Gasteiger partial charge in [0.25, 0.3) is 5.91 Å². The zero-order valence-corrected chi connectivity index (χ0v) is 15.5. The number of alkyl halides is 2. The molecule has 3 rings (SSSR count). The van der Waals surface area contributed by atoms with Gasteiger partial charge in [0.1, 0.15) is 5.75 Å². The van der Waals surface area contributed by atoms with Crippen LogP contribution in [0.5, 0.6) is 5.75 Å². The molecule has 0 atom stereocenters. The molecule has 0 bridgehead atoms. The summed E-state index contributed by atoms with van der Waals surface area (Å²) in [6, 6.07) is 13.8. The standard InChI is InChI=1S/C20H21ClF2N2O2/c21-17-7-8-18(27-20(22)23)16(13-17)14-24-9-4-10-25(12-11-24)19(26)15-5-2-1-3-6-15/h1-3,5-8,13,20H,4,9-12,14H2. The van der Waals surface area contributed by atoms with E-state index in [1.165, 1.54) is 12.1 Å². The van der Waals surface area contributed by atoms with Crippen LogP contribution >= 0.6 is 11.6 Å². The number of hydrogen-bond donors (Lipinski definition) is 0. The lowest BCUT2D eigenvalue weighted by Gasteiger charge is -2.23. The Morgan fingerprint density at radius 3 is 2.59 bits per heavy atom. The smallest absolute Gasteiger partial charge is 0.387 e. The molecule has 1 fully saturated rings. The molecule has 0 unspecified atom stereocenters. The number of carbonyl (C=O) groups excluding carboxylic acids is 1. The van der Waals surface area contributed by atoms with Crippen molar-refractivity contribution < 1.29 is 18.3 Å². The zero-order chi connectivity index (χ0) is 19.2. The molecule has 4 nitrogen and oxygen atoms in total. The summed E-state index contributed by atoms with van der Waals surface area (Å²) in [5, 5.41) is 0.474. The van der Waals surface area contributed by atoms with Crippen molar-refractivity contribution >= 4 is 17.5 Å². The van der Waals surface area contributed by atoms with Crippen LogP contribution in [0.4, 0.5) is 8.78 Å². The molecule has 1 saturated heterocycles. The van der Waals surface area contributed by atoms with Crippen LogP contribution in [0.15, 0.2) is 48.5 Å². The van der Waals surface area contributed by atoms with Gasteiger partial charge in [-0.1, -0.05) is 29.8 Å². The molecule has 0 N–H and O–H groups in total. The number of ether oxygens (including phenoxy) is 1. The number of benzene rings is 2. The van der Waals surface area contributed by atoms with E-state index in [2.05, 4.69) is 9.64 Å². The van der Waals surface area contributed by atoms with Gasteiger partial charge in [-0.2, -0.15) is 8.78 Å². The molecule has 1 aliphatic heterocycles. The monoisotopic (exact) mass is 394 g/mol. The second-order valence-electron chi connectivity index (χ2n) is 6.42. The van der Waals surface area contributed by atoms with Crippen LogP contribution in [-0.4, -0.2) is 48.5 Å². The normalized spacial score (nSPS) is 15.6. The van der Waals surface area contributed by atoms with Gasteiger partial charge in [0, 0.05) is 48.9 Å². The highest BCUT2D eigenvalue weighted by Crippen LogP contribution is 2.26. The predicted octanol–water partition coefficient (Wildman–Crippen LogP) is 4.29. The van der Waals surface area contributed by atoms with E-state index < -0.39 is 6.61 Å². The maximum Gasteiger partial charge on any atom is 0.387 e. The minimum Gasteiger partial charge on any atom is -0.434 e. The Bertz CT molecular complexity index is 774. The fraction of sp³-hybridized carbons (Fsp3) is 0.350. The molecule has 1 heterocycles. The number of rotatable bonds is 5. The van der Waals surface area contributed by atoms with Crippen molar-refractivity contribution in [3.8, 4) is 5.75 Å². The van der Waals surface area contributed by atoms with E-state index in [0.717, 1.165) is 13.0 Å². The molecule has 0 aliphatic carbocycles. The van der Waals surface area contributed by atoms with Gasteiger partial charge in [0.05, 0.1) is 0 Å². The molecule has 1 amide bonds. The lowest BCUT2D eigenvalue weighted by atomic mass is 10.2. The fourth-order valence-electron chi connectivity index (χ4n) is 3.22. The predicted molar refractivity (Wildman–Crippen MR) is 100 cm³/mol. The Balaban J connectivity index is 1.65. The van der Waals surface area contributed by atoms with Crippen molar-refractivity contribution in [2.45, 2.75) is 19.6 Å². The van der Waals surface area contributed by atoms with E-state index in [1.807, 2.05) is 35.2 Å². The highest BCUT2D eigenvalue weighted by Gasteiger charge is 2.21. The minimum absolute atomic E-state index is 0.0157. The SMILES string of the molecule is O=C(c1ccccc1)N1CCCN(Cc2cc(Cl)ccc2OC(F)F)CC1. The van der Waals surface area contributed by atoms with Crippen molar-refractivity contribution in [2.24, 2.45) is 0 Å². The largest absolute Gasteiger partial charge is 0.434 e. The first-order chi connectivity index (χ1) is 13.0. The molecule has 7 heteroatoms. The summed E-state index contributed by atoms with van der Waals surface area (Å²) in [6.45, 7) is 0.224. The highest BCUT2D eigenvalue weighted by atomic mass is 35.5. The molecule has 0 aromatic heterocycles. The first kappa shape index (κ1) is 19.6. The Hall–Kier alpha value is -2.18. The second-order valence-corrected chi connectivity index (χ2v) is 6.85. The average Bonchev–Trinajstić information content (AvgIpc) is 2.89. The van der Waals surface area contributed by atoms with Crippen LogP contribution in [0.2, 0.25) is 5.02 Å². The lowest BCUT2D eigenvalue weighted by Crippen LogP contribution is -2.35. The molecular weight excluding hydrogens is 374 g/mol. The minimum atomic E-state index is -2.88. The van der Waals surface area contributed by atoms with Crippen LogP contribution in [-0.2, 0) is 6.54 Å². The lowest BCUT2D eigenvalue weighted by molar-refractivity contribution is -0.0507. The van der Waals surface area contributed by atoms with E-state index in [9.17, 15) is 13.6 Å². The molecule has 0 radical (unpaired) electrons. The summed E-state index contributed by atoms with van der Waals surface area (Å²) in [4.78, 5) is 16.6. The van der Waals surface area contributed by atoms with E-state index in [-0.39, 0.29) is 11.7 Å². The molecule has 27 heavy (non-hydrogen) atoms. The van der Waals surface area contributed by atoms with Crippen molar-refractivity contribution in [3.63, 3.8) is 0 Å². The van der Waals surface area contributed by atoms with Gasteiger partial charge in [0.15, 0.2) is 0 Å². The number of carbonyl (C=O) groups is 1. The first-order valence-corrected chi connectivity index (χ1v) is 9.20. The van der Waals surface area contributed by atoms with Crippen LogP contribution in [0, 0.1) is 0 Å². The summed E-state index contributed by atoms with van der Waals surface area (Å²) in [5.41, 5.74) is 1.29. The Labute approximate surface area is 162 Å². The van der Waals surface area contributed by atoms with Crippen molar-refractivity contribution in [3.05, 3.63) is 64.7 Å².